The fourth-order valence-corrected chi connectivity index (χ4v) is 2.01. The molecule has 2 rings (SSSR count). The summed E-state index contributed by atoms with van der Waals surface area (Å²) >= 11 is 0. The monoisotopic (exact) mass is 288 g/mol. The van der Waals surface area contributed by atoms with Gasteiger partial charge in [-0.2, -0.15) is 0 Å². The molecule has 0 atom stereocenters. The molecule has 2 aromatic rings. The van der Waals surface area contributed by atoms with Crippen LogP contribution in [0, 0.1) is 5.82 Å². The van der Waals surface area contributed by atoms with Crippen molar-refractivity contribution in [2.45, 2.75) is 13.8 Å². The number of aromatic nitrogens is 2. The van der Waals surface area contributed by atoms with Gasteiger partial charge in [0.15, 0.2) is 11.6 Å². The normalized spacial score (nSPS) is 10.2. The lowest BCUT2D eigenvalue weighted by Gasteiger charge is -2.21. The van der Waals surface area contributed by atoms with E-state index in [2.05, 4.69) is 15.3 Å². The topological polar surface area (TPSA) is 58.1 Å². The number of nitrogens with zero attached hydrogens (tertiary/aromatic N) is 3. The first-order chi connectivity index (χ1) is 10.2. The second-order valence-corrected chi connectivity index (χ2v) is 4.31. The molecule has 0 aliphatic carbocycles. The van der Waals surface area contributed by atoms with Crippen molar-refractivity contribution in [1.29, 1.82) is 0 Å². The van der Waals surface area contributed by atoms with Gasteiger partial charge in [-0.25, -0.2) is 9.37 Å². The molecule has 21 heavy (non-hydrogen) atoms. The molecule has 2 aromatic heterocycles. The van der Waals surface area contributed by atoms with Gasteiger partial charge in [-0.05, 0) is 32.0 Å². The number of rotatable bonds is 5. The van der Waals surface area contributed by atoms with Crippen molar-refractivity contribution in [2.24, 2.45) is 0 Å². The van der Waals surface area contributed by atoms with Crippen molar-refractivity contribution in [3.63, 3.8) is 0 Å². The van der Waals surface area contributed by atoms with Crippen molar-refractivity contribution in [1.82, 2.24) is 9.97 Å². The van der Waals surface area contributed by atoms with Gasteiger partial charge >= 0.3 is 0 Å². The van der Waals surface area contributed by atoms with Crippen molar-refractivity contribution in [3.8, 4) is 0 Å². The molecule has 0 saturated heterocycles. The number of carbonyl (C=O) groups excluding carboxylic acids is 1. The summed E-state index contributed by atoms with van der Waals surface area (Å²) in [7, 11) is 0. The summed E-state index contributed by atoms with van der Waals surface area (Å²) in [5, 5.41) is 2.80. The highest BCUT2D eigenvalue weighted by Crippen LogP contribution is 2.20. The summed E-state index contributed by atoms with van der Waals surface area (Å²) in [6.45, 7) is 4.64. The Balaban J connectivity index is 2.37. The Bertz CT molecular complexity index is 618. The van der Waals surface area contributed by atoms with Crippen LogP contribution >= 0.6 is 0 Å². The van der Waals surface area contributed by atoms with E-state index in [-0.39, 0.29) is 11.4 Å². The van der Waals surface area contributed by atoms with Crippen molar-refractivity contribution >= 4 is 17.4 Å². The summed E-state index contributed by atoms with van der Waals surface area (Å²) < 4.78 is 14.3. The highest BCUT2D eigenvalue weighted by atomic mass is 19.1. The molecule has 0 spiro atoms. The van der Waals surface area contributed by atoms with Gasteiger partial charge in [0.25, 0.3) is 5.91 Å². The average molecular weight is 288 g/mol. The van der Waals surface area contributed by atoms with Crippen LogP contribution in [0.1, 0.15) is 24.2 Å². The fraction of sp³-hybridized carbons (Fsp3) is 0.267. The number of hydrogen-bond acceptors (Lipinski definition) is 4. The van der Waals surface area contributed by atoms with Gasteiger partial charge in [0.2, 0.25) is 0 Å². The SMILES string of the molecule is CCNc1nccc(C(=O)N(CC)c2ccncc2)c1F. The number of halogens is 1. The number of carbonyl (C=O) groups is 1. The molecule has 1 N–H and O–H groups in total. The first-order valence-electron chi connectivity index (χ1n) is 6.79. The Morgan fingerprint density at radius 3 is 2.57 bits per heavy atom. The summed E-state index contributed by atoms with van der Waals surface area (Å²) in [6, 6.07) is 4.82. The van der Waals surface area contributed by atoms with Crippen LogP contribution in [0.2, 0.25) is 0 Å². The van der Waals surface area contributed by atoms with Crippen molar-refractivity contribution in [3.05, 3.63) is 48.2 Å². The largest absolute Gasteiger partial charge is 0.368 e. The molecule has 1 amide bonds. The Labute approximate surface area is 122 Å². The van der Waals surface area contributed by atoms with E-state index in [0.29, 0.717) is 18.8 Å². The van der Waals surface area contributed by atoms with E-state index in [0.717, 1.165) is 0 Å². The van der Waals surface area contributed by atoms with Crippen molar-refractivity contribution < 1.29 is 9.18 Å². The van der Waals surface area contributed by atoms with Crippen LogP contribution < -0.4 is 10.2 Å². The maximum absolute atomic E-state index is 14.3. The van der Waals surface area contributed by atoms with E-state index in [1.54, 1.807) is 24.5 Å². The zero-order valence-electron chi connectivity index (χ0n) is 12.0. The summed E-state index contributed by atoms with van der Waals surface area (Å²) in [6.07, 6.45) is 4.62. The standard InChI is InChI=1S/C15H17FN4O/c1-3-18-14-13(16)12(7-10-19-14)15(21)20(4-2)11-5-8-17-9-6-11/h5-10H,3-4H2,1-2H3,(H,18,19). The molecule has 0 fully saturated rings. The maximum Gasteiger partial charge on any atom is 0.261 e. The molecule has 2 heterocycles. The molecule has 110 valence electrons. The highest BCUT2D eigenvalue weighted by Gasteiger charge is 2.21. The highest BCUT2D eigenvalue weighted by molar-refractivity contribution is 6.06. The van der Waals surface area contributed by atoms with Crippen LogP contribution in [-0.2, 0) is 0 Å². The molecule has 0 saturated carbocycles. The van der Waals surface area contributed by atoms with Crippen LogP contribution in [0.25, 0.3) is 0 Å². The van der Waals surface area contributed by atoms with Gasteiger partial charge < -0.3 is 10.2 Å². The van der Waals surface area contributed by atoms with Crippen LogP contribution in [0.5, 0.6) is 0 Å². The zero-order chi connectivity index (χ0) is 15.2. The maximum atomic E-state index is 14.3. The van der Waals surface area contributed by atoms with Gasteiger partial charge in [-0.3, -0.25) is 9.78 Å². The number of nitrogens with one attached hydrogen (secondary N) is 1. The minimum Gasteiger partial charge on any atom is -0.368 e. The van der Waals surface area contributed by atoms with Crippen LogP contribution in [0.4, 0.5) is 15.9 Å². The second kappa shape index (κ2) is 6.78. The number of pyridine rings is 2. The fourth-order valence-electron chi connectivity index (χ4n) is 2.01. The first kappa shape index (κ1) is 14.9. The molecular formula is C15H17FN4O. The quantitative estimate of drug-likeness (QED) is 0.919. The first-order valence-corrected chi connectivity index (χ1v) is 6.79. The number of anilines is 2. The summed E-state index contributed by atoms with van der Waals surface area (Å²) in [4.78, 5) is 21.9. The van der Waals surface area contributed by atoms with Crippen molar-refractivity contribution in [2.75, 3.05) is 23.3 Å². The zero-order valence-corrected chi connectivity index (χ0v) is 12.0. The van der Waals surface area contributed by atoms with E-state index >= 15 is 0 Å². The minimum absolute atomic E-state index is 0.000359. The predicted molar refractivity (Wildman–Crippen MR) is 79.9 cm³/mol. The molecule has 0 bridgehead atoms. The summed E-state index contributed by atoms with van der Waals surface area (Å²) in [5.41, 5.74) is 0.679. The lowest BCUT2D eigenvalue weighted by Crippen LogP contribution is -2.31. The van der Waals surface area contributed by atoms with Gasteiger partial charge in [0.05, 0.1) is 5.56 Å². The van der Waals surface area contributed by atoms with Gasteiger partial charge in [-0.1, -0.05) is 0 Å². The summed E-state index contributed by atoms with van der Waals surface area (Å²) in [5.74, 6) is -0.936. The third kappa shape index (κ3) is 3.16. The number of hydrogen-bond donors (Lipinski definition) is 1. The molecular weight excluding hydrogens is 271 g/mol. The lowest BCUT2D eigenvalue weighted by atomic mass is 10.2. The van der Waals surface area contributed by atoms with E-state index in [1.165, 1.54) is 17.2 Å². The van der Waals surface area contributed by atoms with Gasteiger partial charge in [0, 0.05) is 37.4 Å². The van der Waals surface area contributed by atoms with Gasteiger partial charge in [-0.15, -0.1) is 0 Å². The molecule has 0 aromatic carbocycles. The van der Waals surface area contributed by atoms with E-state index in [1.807, 2.05) is 13.8 Å². The Morgan fingerprint density at radius 2 is 1.95 bits per heavy atom. The Hall–Kier alpha value is -2.50. The van der Waals surface area contributed by atoms with Crippen LogP contribution in [0.3, 0.4) is 0 Å². The number of amides is 1. The molecule has 5 nitrogen and oxygen atoms in total. The third-order valence-corrected chi connectivity index (χ3v) is 3.00. The molecule has 0 unspecified atom stereocenters. The van der Waals surface area contributed by atoms with Gasteiger partial charge in [0.1, 0.15) is 0 Å². The van der Waals surface area contributed by atoms with Crippen LogP contribution in [-0.4, -0.2) is 29.0 Å². The Morgan fingerprint density at radius 1 is 1.24 bits per heavy atom. The molecule has 6 heteroatoms. The minimum atomic E-state index is -0.628. The third-order valence-electron chi connectivity index (χ3n) is 3.00. The predicted octanol–water partition coefficient (Wildman–Crippen LogP) is 2.71. The van der Waals surface area contributed by atoms with E-state index in [4.69, 9.17) is 0 Å². The average Bonchev–Trinajstić information content (AvgIpc) is 2.51. The molecule has 0 radical (unpaired) electrons. The second-order valence-electron chi connectivity index (χ2n) is 4.31. The smallest absolute Gasteiger partial charge is 0.261 e. The molecule has 0 aliphatic heterocycles. The van der Waals surface area contributed by atoms with E-state index < -0.39 is 11.7 Å². The van der Waals surface area contributed by atoms with E-state index in [9.17, 15) is 9.18 Å². The molecule has 0 aliphatic rings. The Kier molecular flexibility index (Phi) is 4.81. The van der Waals surface area contributed by atoms with Crippen LogP contribution in [0.15, 0.2) is 36.8 Å². The lowest BCUT2D eigenvalue weighted by molar-refractivity contribution is 0.0984.